The lowest BCUT2D eigenvalue weighted by molar-refractivity contribution is 0.0949. The lowest BCUT2D eigenvalue weighted by atomic mass is 10.1. The van der Waals surface area contributed by atoms with Gasteiger partial charge in [0.1, 0.15) is 11.4 Å². The number of benzene rings is 1. The molecule has 0 spiro atoms. The average molecular weight is 305 g/mol. The standard InChI is InChI=1S/C15H19N3O2S/c1-11-3-4-12(2)14(9-11)20-10-18-7-5-13(17-18)15(19)16-6-8-21/h3-5,7,9,21H,6,8,10H2,1-2H3,(H,16,19). The third-order valence-electron chi connectivity index (χ3n) is 2.97. The van der Waals surface area contributed by atoms with Crippen molar-refractivity contribution in [1.82, 2.24) is 15.1 Å². The molecule has 112 valence electrons. The van der Waals surface area contributed by atoms with Crippen molar-refractivity contribution < 1.29 is 9.53 Å². The lowest BCUT2D eigenvalue weighted by Crippen LogP contribution is -2.26. The number of nitrogens with one attached hydrogen (secondary N) is 1. The molecule has 0 aliphatic rings. The van der Waals surface area contributed by atoms with Crippen molar-refractivity contribution in [2.45, 2.75) is 20.6 Å². The Labute approximate surface area is 129 Å². The molecule has 0 saturated heterocycles. The molecule has 1 heterocycles. The number of thiol groups is 1. The summed E-state index contributed by atoms with van der Waals surface area (Å²) in [6, 6.07) is 7.71. The Balaban J connectivity index is 1.96. The fourth-order valence-corrected chi connectivity index (χ4v) is 1.92. The number of aromatic nitrogens is 2. The first kappa shape index (κ1) is 15.4. The highest BCUT2D eigenvalue weighted by Gasteiger charge is 2.08. The average Bonchev–Trinajstić information content (AvgIpc) is 2.94. The molecule has 1 aromatic heterocycles. The van der Waals surface area contributed by atoms with Crippen LogP contribution in [0.1, 0.15) is 21.6 Å². The number of carbonyl (C=O) groups is 1. The summed E-state index contributed by atoms with van der Waals surface area (Å²) in [7, 11) is 0. The van der Waals surface area contributed by atoms with Gasteiger partial charge in [-0.1, -0.05) is 12.1 Å². The van der Waals surface area contributed by atoms with Crippen LogP contribution in [0.5, 0.6) is 5.75 Å². The Hall–Kier alpha value is -1.95. The molecule has 2 aromatic rings. The van der Waals surface area contributed by atoms with E-state index in [1.54, 1.807) is 16.9 Å². The van der Waals surface area contributed by atoms with Gasteiger partial charge in [-0.3, -0.25) is 4.79 Å². The van der Waals surface area contributed by atoms with E-state index in [4.69, 9.17) is 4.74 Å². The van der Waals surface area contributed by atoms with E-state index >= 15 is 0 Å². The van der Waals surface area contributed by atoms with E-state index in [0.717, 1.165) is 16.9 Å². The SMILES string of the molecule is Cc1ccc(C)c(OCn2ccc(C(=O)NCCS)n2)c1. The van der Waals surface area contributed by atoms with Crippen molar-refractivity contribution in [2.24, 2.45) is 0 Å². The van der Waals surface area contributed by atoms with Crippen LogP contribution in [-0.2, 0) is 6.73 Å². The minimum Gasteiger partial charge on any atom is -0.471 e. The second kappa shape index (κ2) is 7.17. The van der Waals surface area contributed by atoms with Gasteiger partial charge in [0, 0.05) is 18.5 Å². The number of aryl methyl sites for hydroxylation is 2. The van der Waals surface area contributed by atoms with E-state index in [0.29, 0.717) is 18.0 Å². The van der Waals surface area contributed by atoms with Crippen LogP contribution in [0.2, 0.25) is 0 Å². The smallest absolute Gasteiger partial charge is 0.271 e. The molecule has 0 unspecified atom stereocenters. The number of amides is 1. The Bertz CT molecular complexity index is 625. The molecule has 1 N–H and O–H groups in total. The van der Waals surface area contributed by atoms with Crippen LogP contribution < -0.4 is 10.1 Å². The minimum atomic E-state index is -0.200. The van der Waals surface area contributed by atoms with E-state index in [1.165, 1.54) is 0 Å². The van der Waals surface area contributed by atoms with Gasteiger partial charge >= 0.3 is 0 Å². The van der Waals surface area contributed by atoms with Crippen molar-refractivity contribution in [2.75, 3.05) is 12.3 Å². The summed E-state index contributed by atoms with van der Waals surface area (Å²) in [6.45, 7) is 4.80. The fourth-order valence-electron chi connectivity index (χ4n) is 1.81. The molecule has 5 nitrogen and oxygen atoms in total. The molecular formula is C15H19N3O2S. The Morgan fingerprint density at radius 1 is 1.38 bits per heavy atom. The van der Waals surface area contributed by atoms with Gasteiger partial charge < -0.3 is 10.1 Å². The molecule has 6 heteroatoms. The van der Waals surface area contributed by atoms with Gasteiger partial charge in [-0.05, 0) is 37.1 Å². The third-order valence-corrected chi connectivity index (χ3v) is 3.19. The molecule has 0 radical (unpaired) electrons. The highest BCUT2D eigenvalue weighted by Crippen LogP contribution is 2.19. The topological polar surface area (TPSA) is 56.1 Å². The van der Waals surface area contributed by atoms with Gasteiger partial charge in [0.25, 0.3) is 5.91 Å². The number of carbonyl (C=O) groups excluding carboxylic acids is 1. The van der Waals surface area contributed by atoms with Crippen LogP contribution in [0.4, 0.5) is 0 Å². The van der Waals surface area contributed by atoms with Gasteiger partial charge in [-0.25, -0.2) is 4.68 Å². The maximum Gasteiger partial charge on any atom is 0.271 e. The van der Waals surface area contributed by atoms with E-state index in [-0.39, 0.29) is 12.6 Å². The van der Waals surface area contributed by atoms with Crippen LogP contribution in [0.15, 0.2) is 30.5 Å². The molecule has 0 aliphatic heterocycles. The highest BCUT2D eigenvalue weighted by atomic mass is 32.1. The lowest BCUT2D eigenvalue weighted by Gasteiger charge is -2.09. The molecule has 1 aromatic carbocycles. The van der Waals surface area contributed by atoms with Gasteiger partial charge in [-0.15, -0.1) is 0 Å². The Morgan fingerprint density at radius 2 is 2.19 bits per heavy atom. The van der Waals surface area contributed by atoms with Crippen molar-refractivity contribution in [3.63, 3.8) is 0 Å². The van der Waals surface area contributed by atoms with Crippen molar-refractivity contribution in [3.8, 4) is 5.75 Å². The Morgan fingerprint density at radius 3 is 2.95 bits per heavy atom. The normalized spacial score (nSPS) is 10.4. The zero-order chi connectivity index (χ0) is 15.2. The summed E-state index contributed by atoms with van der Waals surface area (Å²) in [4.78, 5) is 11.7. The fraction of sp³-hybridized carbons (Fsp3) is 0.333. The van der Waals surface area contributed by atoms with Gasteiger partial charge in [0.05, 0.1) is 0 Å². The molecule has 1 amide bonds. The van der Waals surface area contributed by atoms with E-state index in [1.807, 2.05) is 32.0 Å². The second-order valence-electron chi connectivity index (χ2n) is 4.76. The van der Waals surface area contributed by atoms with Crippen LogP contribution in [0.25, 0.3) is 0 Å². The summed E-state index contributed by atoms with van der Waals surface area (Å²) in [6.07, 6.45) is 1.72. The molecule has 2 rings (SSSR count). The van der Waals surface area contributed by atoms with Crippen LogP contribution in [0, 0.1) is 13.8 Å². The molecule has 21 heavy (non-hydrogen) atoms. The molecule has 0 bridgehead atoms. The van der Waals surface area contributed by atoms with Crippen molar-refractivity contribution in [3.05, 3.63) is 47.3 Å². The van der Waals surface area contributed by atoms with Crippen molar-refractivity contribution >= 4 is 18.5 Å². The van der Waals surface area contributed by atoms with Crippen LogP contribution in [0.3, 0.4) is 0 Å². The number of ether oxygens (including phenoxy) is 1. The first-order valence-electron chi connectivity index (χ1n) is 6.72. The molecule has 0 atom stereocenters. The predicted molar refractivity (Wildman–Crippen MR) is 85.0 cm³/mol. The number of hydrogen-bond acceptors (Lipinski definition) is 4. The number of hydrogen-bond donors (Lipinski definition) is 2. The maximum atomic E-state index is 11.7. The predicted octanol–water partition coefficient (Wildman–Crippen LogP) is 2.20. The second-order valence-corrected chi connectivity index (χ2v) is 5.21. The van der Waals surface area contributed by atoms with Gasteiger partial charge in [0.15, 0.2) is 6.73 Å². The summed E-state index contributed by atoms with van der Waals surface area (Å²) in [5.74, 6) is 1.23. The monoisotopic (exact) mass is 305 g/mol. The van der Waals surface area contributed by atoms with E-state index in [9.17, 15) is 4.79 Å². The molecular weight excluding hydrogens is 286 g/mol. The zero-order valence-corrected chi connectivity index (χ0v) is 13.1. The van der Waals surface area contributed by atoms with Crippen LogP contribution >= 0.6 is 12.6 Å². The minimum absolute atomic E-state index is 0.200. The van der Waals surface area contributed by atoms with E-state index < -0.39 is 0 Å². The largest absolute Gasteiger partial charge is 0.471 e. The molecule has 0 fully saturated rings. The summed E-state index contributed by atoms with van der Waals surface area (Å²) < 4.78 is 7.33. The number of nitrogens with zero attached hydrogens (tertiary/aromatic N) is 2. The molecule has 0 saturated carbocycles. The Kier molecular flexibility index (Phi) is 5.27. The summed E-state index contributed by atoms with van der Waals surface area (Å²) >= 11 is 4.04. The summed E-state index contributed by atoms with van der Waals surface area (Å²) in [5.41, 5.74) is 2.59. The highest BCUT2D eigenvalue weighted by molar-refractivity contribution is 7.80. The first-order chi connectivity index (χ1) is 10.1. The van der Waals surface area contributed by atoms with Crippen molar-refractivity contribution in [1.29, 1.82) is 0 Å². The number of rotatable bonds is 6. The quantitative estimate of drug-likeness (QED) is 0.805. The third kappa shape index (κ3) is 4.26. The van der Waals surface area contributed by atoms with Gasteiger partial charge in [-0.2, -0.15) is 17.7 Å². The first-order valence-corrected chi connectivity index (χ1v) is 7.36. The maximum absolute atomic E-state index is 11.7. The zero-order valence-electron chi connectivity index (χ0n) is 12.2. The van der Waals surface area contributed by atoms with Crippen LogP contribution in [-0.4, -0.2) is 28.0 Å². The summed E-state index contributed by atoms with van der Waals surface area (Å²) in [5, 5.41) is 6.91. The molecule has 0 aliphatic carbocycles. The van der Waals surface area contributed by atoms with E-state index in [2.05, 4.69) is 23.0 Å². The van der Waals surface area contributed by atoms with Gasteiger partial charge in [0.2, 0.25) is 0 Å².